The van der Waals surface area contributed by atoms with Gasteiger partial charge in [0.25, 0.3) is 0 Å². The number of benzene rings is 1. The first-order valence-corrected chi connectivity index (χ1v) is 8.62. The molecule has 1 aliphatic rings. The third-order valence-corrected chi connectivity index (χ3v) is 5.03. The van der Waals surface area contributed by atoms with Crippen molar-refractivity contribution in [1.82, 2.24) is 0 Å². The average Bonchev–Trinajstić information content (AvgIpc) is 2.28. The molecule has 0 N–H and O–H groups in total. The largest absolute Gasteiger partial charge is 0.544 e. The standard InChI is InChI=1S/C13H15NOSi/c1-16(2)9-3-4-13(15-16)12-7-5-11(10-14)6-8-12/h4-8H,3,9H2,1-2H3. The Bertz CT molecular complexity index is 454. The highest BCUT2D eigenvalue weighted by atomic mass is 28.4. The van der Waals surface area contributed by atoms with Gasteiger partial charge in [0.1, 0.15) is 5.76 Å². The number of nitrogens with zero attached hydrogens (tertiary/aromatic N) is 1. The lowest BCUT2D eigenvalue weighted by Crippen LogP contribution is -2.31. The highest BCUT2D eigenvalue weighted by Gasteiger charge is 2.28. The second-order valence-corrected chi connectivity index (χ2v) is 8.88. The van der Waals surface area contributed by atoms with Gasteiger partial charge in [0.2, 0.25) is 8.32 Å². The van der Waals surface area contributed by atoms with Gasteiger partial charge in [0.15, 0.2) is 0 Å². The molecule has 0 unspecified atom stereocenters. The molecule has 0 aliphatic carbocycles. The van der Waals surface area contributed by atoms with Crippen LogP contribution in [0.4, 0.5) is 0 Å². The van der Waals surface area contributed by atoms with Gasteiger partial charge in [-0.25, -0.2) is 0 Å². The molecule has 16 heavy (non-hydrogen) atoms. The topological polar surface area (TPSA) is 33.0 Å². The second kappa shape index (κ2) is 4.15. The number of hydrogen-bond donors (Lipinski definition) is 0. The summed E-state index contributed by atoms with van der Waals surface area (Å²) in [7, 11) is -1.49. The normalized spacial score (nSPS) is 18.2. The van der Waals surface area contributed by atoms with E-state index in [1.165, 1.54) is 6.04 Å². The summed E-state index contributed by atoms with van der Waals surface area (Å²) < 4.78 is 6.05. The lowest BCUT2D eigenvalue weighted by atomic mass is 10.1. The Kier molecular flexibility index (Phi) is 2.84. The van der Waals surface area contributed by atoms with Crippen molar-refractivity contribution in [2.75, 3.05) is 0 Å². The first-order valence-electron chi connectivity index (χ1n) is 5.50. The van der Waals surface area contributed by atoms with Gasteiger partial charge in [-0.2, -0.15) is 5.26 Å². The minimum atomic E-state index is -1.49. The minimum Gasteiger partial charge on any atom is -0.544 e. The molecule has 0 atom stereocenters. The maximum atomic E-state index is 8.73. The predicted molar refractivity (Wildman–Crippen MR) is 67.1 cm³/mol. The van der Waals surface area contributed by atoms with Crippen LogP contribution in [0.25, 0.3) is 5.76 Å². The summed E-state index contributed by atoms with van der Waals surface area (Å²) in [5.41, 5.74) is 1.77. The van der Waals surface area contributed by atoms with E-state index in [0.29, 0.717) is 5.56 Å². The lowest BCUT2D eigenvalue weighted by Gasteiger charge is -2.29. The van der Waals surface area contributed by atoms with Gasteiger partial charge in [-0.3, -0.25) is 0 Å². The van der Waals surface area contributed by atoms with Crippen LogP contribution in [0.1, 0.15) is 17.5 Å². The molecule has 1 aromatic carbocycles. The van der Waals surface area contributed by atoms with Gasteiger partial charge in [0, 0.05) is 5.56 Å². The molecule has 0 spiro atoms. The van der Waals surface area contributed by atoms with Crippen LogP contribution in [-0.2, 0) is 4.43 Å². The van der Waals surface area contributed by atoms with Gasteiger partial charge in [-0.1, -0.05) is 12.1 Å². The number of allylic oxidation sites excluding steroid dienone is 1. The predicted octanol–water partition coefficient (Wildman–Crippen LogP) is 3.52. The first kappa shape index (κ1) is 11.0. The van der Waals surface area contributed by atoms with Crippen molar-refractivity contribution in [3.8, 4) is 6.07 Å². The third-order valence-electron chi connectivity index (χ3n) is 2.76. The van der Waals surface area contributed by atoms with Crippen LogP contribution in [-0.4, -0.2) is 8.32 Å². The van der Waals surface area contributed by atoms with Crippen LogP contribution in [0.15, 0.2) is 30.3 Å². The molecular weight excluding hydrogens is 214 g/mol. The average molecular weight is 229 g/mol. The number of nitriles is 1. The first-order chi connectivity index (χ1) is 7.61. The van der Waals surface area contributed by atoms with Gasteiger partial charge in [-0.05, 0) is 43.8 Å². The van der Waals surface area contributed by atoms with E-state index in [1.54, 1.807) is 0 Å². The van der Waals surface area contributed by atoms with E-state index < -0.39 is 8.32 Å². The van der Waals surface area contributed by atoms with Crippen molar-refractivity contribution in [3.05, 3.63) is 41.5 Å². The van der Waals surface area contributed by atoms with E-state index in [9.17, 15) is 0 Å². The Hall–Kier alpha value is -1.53. The van der Waals surface area contributed by atoms with E-state index in [0.717, 1.165) is 17.7 Å². The van der Waals surface area contributed by atoms with Crippen molar-refractivity contribution in [1.29, 1.82) is 5.26 Å². The number of hydrogen-bond acceptors (Lipinski definition) is 2. The Labute approximate surface area is 97.3 Å². The van der Waals surface area contributed by atoms with E-state index in [4.69, 9.17) is 9.69 Å². The lowest BCUT2D eigenvalue weighted by molar-refractivity contribution is 0.491. The van der Waals surface area contributed by atoms with Crippen LogP contribution in [0.2, 0.25) is 19.1 Å². The van der Waals surface area contributed by atoms with Crippen molar-refractivity contribution in [2.45, 2.75) is 25.6 Å². The highest BCUT2D eigenvalue weighted by Crippen LogP contribution is 2.30. The van der Waals surface area contributed by atoms with Crippen molar-refractivity contribution in [2.24, 2.45) is 0 Å². The molecule has 0 saturated heterocycles. The van der Waals surface area contributed by atoms with Crippen LogP contribution in [0.5, 0.6) is 0 Å². The molecule has 0 aromatic heterocycles. The molecule has 0 amide bonds. The Morgan fingerprint density at radius 3 is 2.50 bits per heavy atom. The molecule has 82 valence electrons. The molecule has 0 saturated carbocycles. The third kappa shape index (κ3) is 2.34. The van der Waals surface area contributed by atoms with Crippen molar-refractivity contribution in [3.63, 3.8) is 0 Å². The van der Waals surface area contributed by atoms with Crippen LogP contribution >= 0.6 is 0 Å². The summed E-state index contributed by atoms with van der Waals surface area (Å²) in [4.78, 5) is 0. The molecule has 0 bridgehead atoms. The molecule has 1 aliphatic heterocycles. The highest BCUT2D eigenvalue weighted by molar-refractivity contribution is 6.72. The van der Waals surface area contributed by atoms with E-state index in [-0.39, 0.29) is 0 Å². The van der Waals surface area contributed by atoms with Crippen LogP contribution in [0.3, 0.4) is 0 Å². The smallest absolute Gasteiger partial charge is 0.245 e. The summed E-state index contributed by atoms with van der Waals surface area (Å²) in [6.45, 7) is 4.48. The summed E-state index contributed by atoms with van der Waals surface area (Å²) >= 11 is 0. The molecule has 2 rings (SSSR count). The Morgan fingerprint density at radius 1 is 1.25 bits per heavy atom. The molecule has 3 heteroatoms. The van der Waals surface area contributed by atoms with E-state index >= 15 is 0 Å². The quantitative estimate of drug-likeness (QED) is 0.690. The van der Waals surface area contributed by atoms with Crippen LogP contribution < -0.4 is 0 Å². The van der Waals surface area contributed by atoms with Crippen molar-refractivity contribution >= 4 is 14.1 Å². The number of rotatable bonds is 1. The zero-order valence-electron chi connectivity index (χ0n) is 9.66. The molecule has 2 nitrogen and oxygen atoms in total. The fraction of sp³-hybridized carbons (Fsp3) is 0.308. The Morgan fingerprint density at radius 2 is 1.94 bits per heavy atom. The maximum absolute atomic E-state index is 8.73. The zero-order chi connectivity index (χ0) is 11.6. The monoisotopic (exact) mass is 229 g/mol. The molecule has 1 heterocycles. The van der Waals surface area contributed by atoms with Crippen molar-refractivity contribution < 1.29 is 4.43 Å². The fourth-order valence-electron chi connectivity index (χ4n) is 1.83. The van der Waals surface area contributed by atoms with Gasteiger partial charge < -0.3 is 4.43 Å². The molecule has 0 radical (unpaired) electrons. The van der Waals surface area contributed by atoms with E-state index in [1.807, 2.05) is 24.3 Å². The SMILES string of the molecule is C[Si]1(C)CCC=C(c2ccc(C#N)cc2)O1. The van der Waals surface area contributed by atoms with Gasteiger partial charge in [0.05, 0.1) is 11.6 Å². The fourth-order valence-corrected chi connectivity index (χ4v) is 3.57. The second-order valence-electron chi connectivity index (χ2n) is 4.66. The summed E-state index contributed by atoms with van der Waals surface area (Å²) in [6.07, 6.45) is 3.26. The Balaban J connectivity index is 2.25. The van der Waals surface area contributed by atoms with Gasteiger partial charge >= 0.3 is 0 Å². The molecule has 1 aromatic rings. The summed E-state index contributed by atoms with van der Waals surface area (Å²) in [5.74, 6) is 0.993. The molecule has 0 fully saturated rings. The van der Waals surface area contributed by atoms with Crippen LogP contribution in [0, 0.1) is 11.3 Å². The minimum absolute atomic E-state index is 0.691. The van der Waals surface area contributed by atoms with E-state index in [2.05, 4.69) is 25.2 Å². The zero-order valence-corrected chi connectivity index (χ0v) is 10.7. The maximum Gasteiger partial charge on any atom is 0.245 e. The summed E-state index contributed by atoms with van der Waals surface area (Å²) in [6, 6.07) is 10.9. The molecular formula is C13H15NOSi. The van der Waals surface area contributed by atoms with Gasteiger partial charge in [-0.15, -0.1) is 0 Å². The summed E-state index contributed by atoms with van der Waals surface area (Å²) in [5, 5.41) is 8.73.